The molecule has 2 aromatic carbocycles. The fourth-order valence-corrected chi connectivity index (χ4v) is 4.34. The zero-order valence-electron chi connectivity index (χ0n) is 18.8. The highest BCUT2D eigenvalue weighted by Crippen LogP contribution is 2.33. The molecule has 2 N–H and O–H groups in total. The molecule has 1 amide bonds. The van der Waals surface area contributed by atoms with E-state index in [-0.39, 0.29) is 23.9 Å². The number of carbonyl (C=O) groups is 1. The van der Waals surface area contributed by atoms with Crippen molar-refractivity contribution in [1.29, 1.82) is 0 Å². The highest BCUT2D eigenvalue weighted by Gasteiger charge is 2.33. The van der Waals surface area contributed by atoms with Gasteiger partial charge in [-0.05, 0) is 42.0 Å². The van der Waals surface area contributed by atoms with Gasteiger partial charge in [0.15, 0.2) is 0 Å². The summed E-state index contributed by atoms with van der Waals surface area (Å²) in [7, 11) is 0. The first kappa shape index (κ1) is 23.2. The fraction of sp³-hybridized carbons (Fsp3) is 0.375. The monoisotopic (exact) mass is 487 g/mol. The van der Waals surface area contributed by atoms with Crippen LogP contribution in [0.15, 0.2) is 42.6 Å². The molecule has 184 valence electrons. The summed E-state index contributed by atoms with van der Waals surface area (Å²) >= 11 is 0. The molecule has 35 heavy (non-hydrogen) atoms. The number of rotatable bonds is 5. The molecule has 0 radical (unpaired) electrons. The number of carbonyl (C=O) groups excluding carboxylic acids is 1. The number of nitrogens with zero attached hydrogens (tertiary/aromatic N) is 4. The van der Waals surface area contributed by atoms with Crippen LogP contribution in [0.25, 0.3) is 10.9 Å². The second-order valence-corrected chi connectivity index (χ2v) is 8.75. The van der Waals surface area contributed by atoms with E-state index in [1.807, 2.05) is 23.1 Å². The Morgan fingerprint density at radius 2 is 1.89 bits per heavy atom. The molecule has 0 unspecified atom stereocenters. The Morgan fingerprint density at radius 3 is 2.57 bits per heavy atom. The van der Waals surface area contributed by atoms with Crippen LogP contribution in [0, 0.1) is 5.92 Å². The second kappa shape index (κ2) is 9.21. The van der Waals surface area contributed by atoms with E-state index in [9.17, 15) is 23.1 Å². The van der Waals surface area contributed by atoms with Crippen molar-refractivity contribution in [2.45, 2.75) is 12.7 Å². The number of phenols is 1. The van der Waals surface area contributed by atoms with E-state index in [1.165, 1.54) is 12.3 Å². The minimum Gasteiger partial charge on any atom is -0.508 e. The Hall–Kier alpha value is -3.60. The molecule has 2 saturated heterocycles. The Bertz CT molecular complexity index is 1240. The third-order valence-electron chi connectivity index (χ3n) is 6.35. The minimum atomic E-state index is -4.55. The van der Waals surface area contributed by atoms with Gasteiger partial charge in [-0.25, -0.2) is 0 Å². The number of aromatic hydroxyl groups is 1. The summed E-state index contributed by atoms with van der Waals surface area (Å²) in [6.07, 6.45) is -3.02. The van der Waals surface area contributed by atoms with Crippen LogP contribution in [0.4, 0.5) is 24.5 Å². The molecule has 0 aliphatic carbocycles. The summed E-state index contributed by atoms with van der Waals surface area (Å²) in [4.78, 5) is 16.5. The van der Waals surface area contributed by atoms with Gasteiger partial charge in [0.2, 0.25) is 5.91 Å². The van der Waals surface area contributed by atoms with Crippen molar-refractivity contribution in [3.63, 3.8) is 0 Å². The van der Waals surface area contributed by atoms with Crippen molar-refractivity contribution >= 4 is 28.2 Å². The first-order chi connectivity index (χ1) is 16.8. The van der Waals surface area contributed by atoms with Gasteiger partial charge in [-0.15, -0.1) is 0 Å². The van der Waals surface area contributed by atoms with E-state index in [4.69, 9.17) is 4.74 Å². The molecule has 0 bridgehead atoms. The summed E-state index contributed by atoms with van der Waals surface area (Å²) in [5.41, 5.74) is 1.61. The molecule has 0 saturated carbocycles. The quantitative estimate of drug-likeness (QED) is 0.571. The number of hydrogen-bond acceptors (Lipinski definition) is 7. The van der Waals surface area contributed by atoms with Gasteiger partial charge in [0.1, 0.15) is 5.75 Å². The standard InChI is InChI=1S/C24H24F3N5O3/c25-24(26,27)17-7-15(8-19(33)9-17)11-28-22-12-29-30-21-2-1-18(10-20(21)22)31-3-5-32(6-4-31)23(34)16-13-35-14-16/h1-2,7-10,12,16,33H,3-6,11,13-14H2,(H,28,30). The Morgan fingerprint density at radius 1 is 1.11 bits per heavy atom. The SMILES string of the molecule is O=C(C1COC1)N1CCN(c2ccc3nncc(NCc4cc(O)cc(C(F)(F)F)c4)c3c2)CC1. The zero-order valence-corrected chi connectivity index (χ0v) is 18.8. The molecule has 0 atom stereocenters. The van der Waals surface area contributed by atoms with Gasteiger partial charge in [-0.3, -0.25) is 4.79 Å². The average molecular weight is 487 g/mol. The van der Waals surface area contributed by atoms with E-state index >= 15 is 0 Å². The van der Waals surface area contributed by atoms with Crippen LogP contribution in [0.3, 0.4) is 0 Å². The van der Waals surface area contributed by atoms with Gasteiger partial charge in [0, 0.05) is 43.8 Å². The maximum atomic E-state index is 13.1. The second-order valence-electron chi connectivity index (χ2n) is 8.75. The third-order valence-corrected chi connectivity index (χ3v) is 6.35. The van der Waals surface area contributed by atoms with E-state index in [0.717, 1.165) is 17.1 Å². The maximum Gasteiger partial charge on any atom is 0.416 e. The van der Waals surface area contributed by atoms with Crippen molar-refractivity contribution < 1.29 is 27.8 Å². The molecule has 8 nitrogen and oxygen atoms in total. The van der Waals surface area contributed by atoms with Crippen LogP contribution in [0.2, 0.25) is 0 Å². The topological polar surface area (TPSA) is 90.8 Å². The molecule has 2 fully saturated rings. The number of ether oxygens (including phenoxy) is 1. The van der Waals surface area contributed by atoms with Crippen molar-refractivity contribution in [3.05, 3.63) is 53.7 Å². The van der Waals surface area contributed by atoms with Crippen LogP contribution < -0.4 is 10.2 Å². The lowest BCUT2D eigenvalue weighted by Gasteiger charge is -2.39. The fourth-order valence-electron chi connectivity index (χ4n) is 4.34. The van der Waals surface area contributed by atoms with E-state index in [1.54, 1.807) is 0 Å². The lowest BCUT2D eigenvalue weighted by Crippen LogP contribution is -2.53. The molecule has 3 aromatic rings. The summed E-state index contributed by atoms with van der Waals surface area (Å²) in [6, 6.07) is 8.76. The average Bonchev–Trinajstić information content (AvgIpc) is 2.80. The minimum absolute atomic E-state index is 0.0202. The third kappa shape index (κ3) is 4.95. The number of phenolic OH excluding ortho intramolecular Hbond substituents is 1. The zero-order chi connectivity index (χ0) is 24.6. The lowest BCUT2D eigenvalue weighted by molar-refractivity contribution is -0.150. The van der Waals surface area contributed by atoms with Gasteiger partial charge in [0.05, 0.1) is 42.1 Å². The van der Waals surface area contributed by atoms with Crippen LogP contribution in [-0.4, -0.2) is 65.5 Å². The molecule has 2 aliphatic rings. The first-order valence-corrected chi connectivity index (χ1v) is 11.3. The first-order valence-electron chi connectivity index (χ1n) is 11.3. The van der Waals surface area contributed by atoms with Gasteiger partial charge < -0.3 is 25.0 Å². The van der Waals surface area contributed by atoms with Crippen LogP contribution >= 0.6 is 0 Å². The normalized spacial score (nSPS) is 16.9. The number of anilines is 2. The highest BCUT2D eigenvalue weighted by atomic mass is 19.4. The van der Waals surface area contributed by atoms with Crippen molar-refractivity contribution in [2.75, 3.05) is 49.6 Å². The molecule has 2 aliphatic heterocycles. The van der Waals surface area contributed by atoms with Gasteiger partial charge in [-0.2, -0.15) is 23.4 Å². The Labute approximate surface area is 199 Å². The Kier molecular flexibility index (Phi) is 6.10. The van der Waals surface area contributed by atoms with E-state index in [0.29, 0.717) is 56.7 Å². The van der Waals surface area contributed by atoms with Crippen molar-refractivity contribution in [3.8, 4) is 5.75 Å². The van der Waals surface area contributed by atoms with Crippen molar-refractivity contribution in [2.24, 2.45) is 5.92 Å². The number of hydrogen-bond donors (Lipinski definition) is 2. The van der Waals surface area contributed by atoms with E-state index in [2.05, 4.69) is 20.4 Å². The summed E-state index contributed by atoms with van der Waals surface area (Å²) in [6.45, 7) is 3.71. The Balaban J connectivity index is 1.31. The predicted octanol–water partition coefficient (Wildman–Crippen LogP) is 3.26. The number of nitrogens with one attached hydrogen (secondary N) is 1. The summed E-state index contributed by atoms with van der Waals surface area (Å²) < 4.78 is 44.4. The lowest BCUT2D eigenvalue weighted by atomic mass is 10.1. The number of amides is 1. The molecular formula is C24H24F3N5O3. The number of alkyl halides is 3. The van der Waals surface area contributed by atoms with Crippen LogP contribution in [0.5, 0.6) is 5.75 Å². The predicted molar refractivity (Wildman–Crippen MR) is 123 cm³/mol. The summed E-state index contributed by atoms with van der Waals surface area (Å²) in [5, 5.41) is 21.8. The van der Waals surface area contributed by atoms with Crippen molar-refractivity contribution in [1.82, 2.24) is 15.1 Å². The molecule has 1 aromatic heterocycles. The summed E-state index contributed by atoms with van der Waals surface area (Å²) in [5.74, 6) is -0.316. The van der Waals surface area contributed by atoms with Gasteiger partial charge >= 0.3 is 6.18 Å². The number of halogens is 3. The maximum absolute atomic E-state index is 13.1. The number of aromatic nitrogens is 2. The van der Waals surface area contributed by atoms with Crippen LogP contribution in [-0.2, 0) is 22.3 Å². The molecule has 11 heteroatoms. The highest BCUT2D eigenvalue weighted by molar-refractivity contribution is 5.93. The molecule has 3 heterocycles. The largest absolute Gasteiger partial charge is 0.508 e. The van der Waals surface area contributed by atoms with Crippen LogP contribution in [0.1, 0.15) is 11.1 Å². The molecule has 5 rings (SSSR count). The molecular weight excluding hydrogens is 463 g/mol. The number of fused-ring (bicyclic) bond motifs is 1. The smallest absolute Gasteiger partial charge is 0.416 e. The van der Waals surface area contributed by atoms with Gasteiger partial charge in [0.25, 0.3) is 0 Å². The van der Waals surface area contributed by atoms with E-state index < -0.39 is 17.5 Å². The van der Waals surface area contributed by atoms with Gasteiger partial charge in [-0.1, -0.05) is 0 Å². The molecule has 0 spiro atoms. The number of piperazine rings is 1. The number of benzene rings is 2.